The molecule has 0 saturated carbocycles. The fraction of sp³-hybridized carbons (Fsp3) is 0.323. The Bertz CT molecular complexity index is 1390. The minimum atomic E-state index is -0.913. The second kappa shape index (κ2) is 13.1. The molecular weight excluding hydrogens is 561 g/mol. The third kappa shape index (κ3) is 6.84. The van der Waals surface area contributed by atoms with Crippen molar-refractivity contribution in [1.29, 1.82) is 0 Å². The quantitative estimate of drug-likeness (QED) is 0.334. The van der Waals surface area contributed by atoms with E-state index in [4.69, 9.17) is 40.4 Å². The van der Waals surface area contributed by atoms with E-state index in [-0.39, 0.29) is 5.91 Å². The first-order valence-corrected chi connectivity index (χ1v) is 14.8. The molecule has 40 heavy (non-hydrogen) atoms. The van der Waals surface area contributed by atoms with Gasteiger partial charge in [-0.05, 0) is 80.3 Å². The van der Waals surface area contributed by atoms with Gasteiger partial charge in [-0.1, -0.05) is 71.7 Å². The number of nitrogens with one attached hydrogen (secondary N) is 2. The van der Waals surface area contributed by atoms with Crippen LogP contribution in [0, 0.1) is 5.92 Å². The Hall–Kier alpha value is -2.97. The van der Waals surface area contributed by atoms with Crippen molar-refractivity contribution in [3.63, 3.8) is 0 Å². The fourth-order valence-electron chi connectivity index (χ4n) is 5.35. The molecule has 1 amide bonds. The third-order valence-corrected chi connectivity index (χ3v) is 8.42. The Morgan fingerprint density at radius 2 is 1.73 bits per heavy atom. The van der Waals surface area contributed by atoms with Crippen LogP contribution in [0.3, 0.4) is 0 Å². The summed E-state index contributed by atoms with van der Waals surface area (Å²) in [5.74, 6) is 0.428. The van der Waals surface area contributed by atoms with Crippen LogP contribution in [0.25, 0.3) is 0 Å². The highest BCUT2D eigenvalue weighted by Crippen LogP contribution is 2.32. The second-order valence-electron chi connectivity index (χ2n) is 10.3. The summed E-state index contributed by atoms with van der Waals surface area (Å²) in [5.41, 5.74) is 4.11. The van der Waals surface area contributed by atoms with Crippen LogP contribution in [0.15, 0.2) is 77.8 Å². The molecule has 5 rings (SSSR count). The number of halogens is 2. The topological polar surface area (TPSA) is 60.0 Å². The maximum Gasteiger partial charge on any atom is 0.272 e. The molecule has 208 valence electrons. The smallest absolute Gasteiger partial charge is 0.272 e. The summed E-state index contributed by atoms with van der Waals surface area (Å²) in [6.45, 7) is 3.96. The highest BCUT2D eigenvalue weighted by molar-refractivity contribution is 7.80. The molecule has 0 spiro atoms. The fourth-order valence-corrected chi connectivity index (χ4v) is 5.96. The molecule has 1 atom stereocenters. The van der Waals surface area contributed by atoms with Crippen molar-refractivity contribution in [2.75, 3.05) is 31.6 Å². The van der Waals surface area contributed by atoms with E-state index in [0.717, 1.165) is 43.7 Å². The lowest BCUT2D eigenvalue weighted by Gasteiger charge is -2.32. The molecule has 1 saturated heterocycles. The molecule has 2 heterocycles. The maximum absolute atomic E-state index is 13.5. The molecule has 0 aromatic heterocycles. The number of likely N-dealkylation sites (N-methyl/N-ethyl adjacent to an activating group) is 1. The van der Waals surface area contributed by atoms with Gasteiger partial charge in [0.2, 0.25) is 6.17 Å². The SMILES string of the molecule is CN1C(=O)C(NC(=S)NCCC2CCN(Cc3ccccc3)CC2)N=C(c2ccccc2Cl)c2cc(Cl)ccc21. The van der Waals surface area contributed by atoms with E-state index < -0.39 is 6.17 Å². The molecule has 1 unspecified atom stereocenters. The van der Waals surface area contributed by atoms with Gasteiger partial charge in [0.15, 0.2) is 5.11 Å². The van der Waals surface area contributed by atoms with E-state index in [1.807, 2.05) is 30.3 Å². The summed E-state index contributed by atoms with van der Waals surface area (Å²) in [6.07, 6.45) is 2.46. The number of piperidine rings is 1. The van der Waals surface area contributed by atoms with Gasteiger partial charge >= 0.3 is 0 Å². The van der Waals surface area contributed by atoms with E-state index in [9.17, 15) is 4.79 Å². The summed E-state index contributed by atoms with van der Waals surface area (Å²) in [6, 6.07) is 23.5. The van der Waals surface area contributed by atoms with Gasteiger partial charge in [0, 0.05) is 41.3 Å². The summed E-state index contributed by atoms with van der Waals surface area (Å²) >= 11 is 18.5. The highest BCUT2D eigenvalue weighted by Gasteiger charge is 2.31. The lowest BCUT2D eigenvalue weighted by Crippen LogP contribution is -2.49. The number of thiocarbonyl (C=S) groups is 1. The number of amides is 1. The van der Waals surface area contributed by atoms with E-state index >= 15 is 0 Å². The number of hydrogen-bond acceptors (Lipinski definition) is 4. The van der Waals surface area contributed by atoms with Crippen LogP contribution in [-0.2, 0) is 11.3 Å². The molecule has 0 aliphatic carbocycles. The van der Waals surface area contributed by atoms with Gasteiger partial charge < -0.3 is 15.5 Å². The predicted octanol–water partition coefficient (Wildman–Crippen LogP) is 5.90. The maximum atomic E-state index is 13.5. The van der Waals surface area contributed by atoms with E-state index in [1.54, 1.807) is 24.1 Å². The Kier molecular flexibility index (Phi) is 9.37. The average molecular weight is 595 g/mol. The van der Waals surface area contributed by atoms with Crippen molar-refractivity contribution in [3.05, 3.63) is 99.5 Å². The van der Waals surface area contributed by atoms with Crippen molar-refractivity contribution >= 4 is 57.8 Å². The molecule has 2 aliphatic heterocycles. The van der Waals surface area contributed by atoms with Gasteiger partial charge in [-0.3, -0.25) is 9.69 Å². The number of anilines is 1. The summed E-state index contributed by atoms with van der Waals surface area (Å²) in [7, 11) is 1.73. The van der Waals surface area contributed by atoms with Crippen LogP contribution in [0.2, 0.25) is 10.0 Å². The molecule has 0 radical (unpaired) electrons. The van der Waals surface area contributed by atoms with Gasteiger partial charge in [-0.15, -0.1) is 0 Å². The molecule has 0 bridgehead atoms. The van der Waals surface area contributed by atoms with Crippen LogP contribution >= 0.6 is 35.4 Å². The number of carbonyl (C=O) groups excluding carboxylic acids is 1. The predicted molar refractivity (Wildman–Crippen MR) is 169 cm³/mol. The monoisotopic (exact) mass is 593 g/mol. The van der Waals surface area contributed by atoms with Crippen molar-refractivity contribution in [2.24, 2.45) is 10.9 Å². The van der Waals surface area contributed by atoms with Gasteiger partial charge in [-0.25, -0.2) is 4.99 Å². The molecule has 2 aliphatic rings. The molecule has 3 aromatic rings. The molecule has 3 aromatic carbocycles. The number of benzodiazepines with no additional fused rings is 1. The molecule has 6 nitrogen and oxygen atoms in total. The van der Waals surface area contributed by atoms with E-state index in [2.05, 4.69) is 45.9 Å². The van der Waals surface area contributed by atoms with E-state index in [1.165, 1.54) is 18.4 Å². The summed E-state index contributed by atoms with van der Waals surface area (Å²) in [4.78, 5) is 22.4. The summed E-state index contributed by atoms with van der Waals surface area (Å²) < 4.78 is 0. The zero-order valence-electron chi connectivity index (χ0n) is 22.4. The van der Waals surface area contributed by atoms with E-state index in [0.29, 0.717) is 32.5 Å². The number of hydrogen-bond donors (Lipinski definition) is 2. The average Bonchev–Trinajstić information content (AvgIpc) is 3.05. The number of carbonyl (C=O) groups is 1. The van der Waals surface area contributed by atoms with Crippen molar-refractivity contribution < 1.29 is 4.79 Å². The van der Waals surface area contributed by atoms with Gasteiger partial charge in [0.05, 0.1) is 11.4 Å². The Morgan fingerprint density at radius 3 is 2.48 bits per heavy atom. The molecule has 2 N–H and O–H groups in total. The van der Waals surface area contributed by atoms with Crippen LogP contribution in [0.1, 0.15) is 36.0 Å². The number of nitrogens with zero attached hydrogens (tertiary/aromatic N) is 3. The standard InChI is InChI=1S/C31H33Cl2N5OS/c1-37-27-12-11-23(32)19-25(27)28(24-9-5-6-10-26(24)33)35-29(30(37)39)36-31(40)34-16-13-21-14-17-38(18-15-21)20-22-7-3-2-4-8-22/h2-12,19,21,29H,13-18,20H2,1H3,(H2,34,36,40). The highest BCUT2D eigenvalue weighted by atomic mass is 35.5. The third-order valence-electron chi connectivity index (χ3n) is 7.59. The number of aliphatic imine (C=N–C) groups is 1. The first kappa shape index (κ1) is 28.6. The normalized spacial score (nSPS) is 18.1. The lowest BCUT2D eigenvalue weighted by atomic mass is 9.93. The largest absolute Gasteiger partial charge is 0.363 e. The first-order valence-electron chi connectivity index (χ1n) is 13.6. The van der Waals surface area contributed by atoms with Crippen molar-refractivity contribution in [3.8, 4) is 0 Å². The van der Waals surface area contributed by atoms with Gasteiger partial charge in [0.25, 0.3) is 5.91 Å². The number of likely N-dealkylation sites (tertiary alicyclic amines) is 1. The summed E-state index contributed by atoms with van der Waals surface area (Å²) in [5, 5.41) is 7.93. The van der Waals surface area contributed by atoms with Crippen LogP contribution in [-0.4, -0.2) is 54.5 Å². The Morgan fingerprint density at radius 1 is 1.00 bits per heavy atom. The number of fused-ring (bicyclic) bond motifs is 1. The van der Waals surface area contributed by atoms with Crippen LogP contribution in [0.4, 0.5) is 5.69 Å². The Balaban J connectivity index is 1.20. The lowest BCUT2D eigenvalue weighted by molar-refractivity contribution is -0.119. The number of benzene rings is 3. The first-order chi connectivity index (χ1) is 19.4. The van der Waals surface area contributed by atoms with Crippen molar-refractivity contribution in [1.82, 2.24) is 15.5 Å². The molecular formula is C31H33Cl2N5OS. The van der Waals surface area contributed by atoms with Crippen molar-refractivity contribution in [2.45, 2.75) is 32.0 Å². The molecule has 1 fully saturated rings. The minimum absolute atomic E-state index is 0.222. The Labute approximate surface area is 251 Å². The van der Waals surface area contributed by atoms with Crippen LogP contribution < -0.4 is 15.5 Å². The van der Waals surface area contributed by atoms with Gasteiger partial charge in [0.1, 0.15) is 0 Å². The second-order valence-corrected chi connectivity index (χ2v) is 11.6. The zero-order chi connectivity index (χ0) is 28.1. The van der Waals surface area contributed by atoms with Gasteiger partial charge in [-0.2, -0.15) is 0 Å². The minimum Gasteiger partial charge on any atom is -0.363 e. The zero-order valence-corrected chi connectivity index (χ0v) is 24.8. The molecule has 9 heteroatoms. The van der Waals surface area contributed by atoms with Crippen LogP contribution in [0.5, 0.6) is 0 Å². The number of rotatable bonds is 7.